The van der Waals surface area contributed by atoms with Crippen LogP contribution in [0.1, 0.15) is 131 Å². The summed E-state index contributed by atoms with van der Waals surface area (Å²) in [6.07, 6.45) is 5.54. The standard InChI is InChI=1S/C62H90N6O16/c1-40-54(72)65(11)46(36-82-60(2,3)4)56(74)66(12)47(37-83-61(5,6)7)57(75)67-33-21-25-44(67)55(73)64(10)31-18-15-16-26-52(70)81-39-62(8,9)53(71)58(76)68-32-19-17-24-45(68)59(77)84-48(29-27-41-28-30-49(78-13)50(34-41)79-14)42-22-20-23-43(35-42)80-38-51(69)63-40/h16,20,22-23,26,28,30,34-35,40,44-48H,15,17-19,21,24-25,27,29,31-33,36-39H2,1-14H3,(H,63,69)/t40-,44-,45-,46-,47-,48+/m0/s1. The van der Waals surface area contributed by atoms with E-state index in [0.29, 0.717) is 62.0 Å². The Labute approximate surface area is 495 Å². The smallest absolute Gasteiger partial charge is 0.330 e. The van der Waals surface area contributed by atoms with Crippen molar-refractivity contribution in [2.75, 3.05) is 81.4 Å². The highest BCUT2D eigenvalue weighted by atomic mass is 16.5. The lowest BCUT2D eigenvalue weighted by atomic mass is 9.87. The molecule has 2 fully saturated rings. The summed E-state index contributed by atoms with van der Waals surface area (Å²) >= 11 is 0. The second-order valence-electron chi connectivity index (χ2n) is 24.4. The first-order chi connectivity index (χ1) is 39.5. The predicted molar refractivity (Wildman–Crippen MR) is 311 cm³/mol. The Morgan fingerprint density at radius 2 is 1.31 bits per heavy atom. The number of carbonyl (C=O) groups is 9. The van der Waals surface area contributed by atoms with Gasteiger partial charge in [0.05, 0.1) is 44.1 Å². The molecule has 84 heavy (non-hydrogen) atoms. The van der Waals surface area contributed by atoms with E-state index in [-0.39, 0.29) is 57.3 Å². The van der Waals surface area contributed by atoms with Crippen molar-refractivity contribution in [3.8, 4) is 17.2 Å². The minimum Gasteiger partial charge on any atom is -0.493 e. The number of ketones is 1. The van der Waals surface area contributed by atoms with Crippen molar-refractivity contribution < 1.29 is 76.3 Å². The highest BCUT2D eigenvalue weighted by Gasteiger charge is 2.45. The van der Waals surface area contributed by atoms with Crippen molar-refractivity contribution in [2.45, 2.75) is 168 Å². The third-order valence-corrected chi connectivity index (χ3v) is 15.0. The minimum absolute atomic E-state index is 0.109. The lowest BCUT2D eigenvalue weighted by Crippen LogP contribution is -2.61. The van der Waals surface area contributed by atoms with Gasteiger partial charge in [0.15, 0.2) is 18.1 Å². The fourth-order valence-electron chi connectivity index (χ4n) is 10.0. The van der Waals surface area contributed by atoms with Crippen LogP contribution in [0.3, 0.4) is 0 Å². The maximum atomic E-state index is 14.9. The molecule has 2 saturated heterocycles. The van der Waals surface area contributed by atoms with Crippen molar-refractivity contribution in [3.05, 3.63) is 65.7 Å². The van der Waals surface area contributed by atoms with Crippen molar-refractivity contribution in [3.63, 3.8) is 0 Å². The number of rotatable bonds is 9. The van der Waals surface area contributed by atoms with Gasteiger partial charge in [-0.05, 0) is 155 Å². The lowest BCUT2D eigenvalue weighted by molar-refractivity contribution is -0.165. The number of piperidine rings is 1. The maximum absolute atomic E-state index is 14.9. The molecule has 3 aliphatic heterocycles. The van der Waals surface area contributed by atoms with Crippen LogP contribution in [0.25, 0.3) is 0 Å². The number of carbonyl (C=O) groups excluding carboxylic acids is 9. The monoisotopic (exact) mass is 1170 g/mol. The van der Waals surface area contributed by atoms with Crippen LogP contribution in [0.2, 0.25) is 0 Å². The molecule has 22 nitrogen and oxygen atoms in total. The zero-order valence-electron chi connectivity index (χ0n) is 51.7. The molecular formula is C62H90N6O16. The summed E-state index contributed by atoms with van der Waals surface area (Å²) in [7, 11) is 7.55. The molecule has 464 valence electrons. The maximum Gasteiger partial charge on any atom is 0.330 e. The van der Waals surface area contributed by atoms with Crippen LogP contribution in [0.15, 0.2) is 54.6 Å². The fourth-order valence-corrected chi connectivity index (χ4v) is 10.0. The average molecular weight is 1180 g/mol. The molecule has 0 unspecified atom stereocenters. The summed E-state index contributed by atoms with van der Waals surface area (Å²) < 4.78 is 41.0. The quantitative estimate of drug-likeness (QED) is 0.244. The lowest BCUT2D eigenvalue weighted by Gasteiger charge is -2.38. The van der Waals surface area contributed by atoms with Gasteiger partial charge in [0.2, 0.25) is 29.4 Å². The molecule has 0 aliphatic carbocycles. The van der Waals surface area contributed by atoms with E-state index < -0.39 is 113 Å². The molecular weight excluding hydrogens is 1080 g/mol. The van der Waals surface area contributed by atoms with Gasteiger partial charge < -0.3 is 63.0 Å². The van der Waals surface area contributed by atoms with E-state index in [2.05, 4.69) is 5.32 Å². The Bertz CT molecular complexity index is 2700. The van der Waals surface area contributed by atoms with E-state index >= 15 is 0 Å². The van der Waals surface area contributed by atoms with Crippen molar-refractivity contribution in [1.82, 2.24) is 29.8 Å². The Hall–Kier alpha value is -7.07. The molecule has 2 bridgehead atoms. The first kappa shape index (κ1) is 67.7. The van der Waals surface area contributed by atoms with E-state index in [1.165, 1.54) is 79.7 Å². The first-order valence-electron chi connectivity index (χ1n) is 29.0. The van der Waals surface area contributed by atoms with Gasteiger partial charge in [-0.3, -0.25) is 33.6 Å². The van der Waals surface area contributed by atoms with E-state index in [9.17, 15) is 43.2 Å². The zero-order valence-corrected chi connectivity index (χ0v) is 51.7. The molecule has 0 saturated carbocycles. The van der Waals surface area contributed by atoms with Gasteiger partial charge in [-0.25, -0.2) is 9.59 Å². The van der Waals surface area contributed by atoms with Crippen LogP contribution in [-0.4, -0.2) is 201 Å². The van der Waals surface area contributed by atoms with Gasteiger partial charge in [0.25, 0.3) is 11.8 Å². The summed E-state index contributed by atoms with van der Waals surface area (Å²) in [5, 5.41) is 2.67. The summed E-state index contributed by atoms with van der Waals surface area (Å²) in [4.78, 5) is 134. The number of nitrogens with zero attached hydrogens (tertiary/aromatic N) is 5. The molecule has 3 heterocycles. The van der Waals surface area contributed by atoms with E-state index in [4.69, 9.17) is 33.2 Å². The second-order valence-corrected chi connectivity index (χ2v) is 24.4. The molecule has 6 amide bonds. The predicted octanol–water partition coefficient (Wildman–Crippen LogP) is 5.41. The number of Topliss-reactive ketones (excluding diaryl/α,β-unsaturated/α-hetero) is 1. The van der Waals surface area contributed by atoms with E-state index in [0.717, 1.165) is 5.56 Å². The molecule has 1 N–H and O–H groups in total. The van der Waals surface area contributed by atoms with Crippen LogP contribution in [0, 0.1) is 5.41 Å². The molecule has 2 aromatic carbocycles. The van der Waals surface area contributed by atoms with Gasteiger partial charge in [-0.2, -0.15) is 0 Å². The molecule has 2 aromatic rings. The topological polar surface area (TPSA) is 246 Å². The Morgan fingerprint density at radius 3 is 1.96 bits per heavy atom. The summed E-state index contributed by atoms with van der Waals surface area (Å²) in [6.45, 7) is 14.4. The molecule has 5 rings (SSSR count). The minimum atomic E-state index is -1.47. The number of cyclic esters (lactones) is 2. The third-order valence-electron chi connectivity index (χ3n) is 15.0. The number of aryl methyl sites for hydroxylation is 1. The van der Waals surface area contributed by atoms with Crippen LogP contribution in [0.5, 0.6) is 17.2 Å². The van der Waals surface area contributed by atoms with Crippen molar-refractivity contribution in [2.24, 2.45) is 5.41 Å². The summed E-state index contributed by atoms with van der Waals surface area (Å²) in [5.74, 6) is -4.78. The Kier molecular flexibility index (Phi) is 24.3. The number of ether oxygens (including phenoxy) is 7. The SMILES string of the molecule is COc1ccc(CC[C@H]2OC(=O)[C@@H]3CCCCN3C(=O)C(=O)C(C)(C)COC(=O)C=CCCCN(C)C(=O)[C@@H]3CCCN3C(=O)[C@H](COC(C)(C)C)N(C)C(=O)[C@H](COC(C)(C)C)N(C)C(=O)[C@H](C)NC(=O)COc3cccc2c3)cc1OC. The zero-order chi connectivity index (χ0) is 62.3. The summed E-state index contributed by atoms with van der Waals surface area (Å²) in [6, 6.07) is 6.41. The number of hydrogen-bond donors (Lipinski definition) is 1. The molecule has 0 spiro atoms. The van der Waals surface area contributed by atoms with Crippen LogP contribution in [0.4, 0.5) is 0 Å². The van der Waals surface area contributed by atoms with E-state index in [1.54, 1.807) is 64.2 Å². The summed E-state index contributed by atoms with van der Waals surface area (Å²) in [5.41, 5.74) is -1.64. The van der Waals surface area contributed by atoms with Crippen LogP contribution < -0.4 is 19.5 Å². The first-order valence-corrected chi connectivity index (χ1v) is 29.0. The Morgan fingerprint density at radius 1 is 0.679 bits per heavy atom. The molecule has 0 radical (unpaired) electrons. The van der Waals surface area contributed by atoms with Crippen molar-refractivity contribution >= 4 is 53.2 Å². The van der Waals surface area contributed by atoms with Gasteiger partial charge in [-0.1, -0.05) is 24.3 Å². The number of esters is 2. The number of methoxy groups -OCH3 is 2. The number of hydrogen-bond acceptors (Lipinski definition) is 16. The number of benzene rings is 2. The number of likely N-dealkylation sites (N-methyl/N-ethyl adjacent to an activating group) is 3. The number of nitrogens with one attached hydrogen (secondary N) is 1. The number of allylic oxidation sites excluding steroid dienone is 1. The highest BCUT2D eigenvalue weighted by Crippen LogP contribution is 2.33. The van der Waals surface area contributed by atoms with E-state index in [1.807, 2.05) is 32.9 Å². The normalized spacial score (nSPS) is 24.1. The molecule has 0 aromatic heterocycles. The number of amides is 6. The number of fused-ring (bicyclic) bond motifs is 4. The van der Waals surface area contributed by atoms with Crippen molar-refractivity contribution in [1.29, 1.82) is 0 Å². The van der Waals surface area contributed by atoms with Gasteiger partial charge in [-0.15, -0.1) is 0 Å². The molecule has 3 aliphatic rings. The second kappa shape index (κ2) is 30.1. The van der Waals surface area contributed by atoms with Gasteiger partial charge in [0.1, 0.15) is 48.7 Å². The van der Waals surface area contributed by atoms with Gasteiger partial charge >= 0.3 is 11.9 Å². The molecule has 22 heteroatoms. The third kappa shape index (κ3) is 19.0. The van der Waals surface area contributed by atoms with Crippen LogP contribution in [-0.2, 0) is 68.5 Å². The average Bonchev–Trinajstić information content (AvgIpc) is 4.15. The largest absolute Gasteiger partial charge is 0.493 e. The Balaban J connectivity index is 1.48. The van der Waals surface area contributed by atoms with Crippen LogP contribution >= 0.6 is 0 Å². The highest BCUT2D eigenvalue weighted by molar-refractivity contribution is 6.38. The fraction of sp³-hybridized carbons (Fsp3) is 0.629. The van der Waals surface area contributed by atoms with Gasteiger partial charge in [0, 0.05) is 46.9 Å². The molecule has 6 atom stereocenters.